The molecule has 3 N–H and O–H groups in total. The van der Waals surface area contributed by atoms with Gasteiger partial charge in [0.1, 0.15) is 16.6 Å². The zero-order valence-corrected chi connectivity index (χ0v) is 10.0. The summed E-state index contributed by atoms with van der Waals surface area (Å²) in [6, 6.07) is 5.97. The van der Waals surface area contributed by atoms with Crippen LogP contribution in [-0.2, 0) is 0 Å². The Kier molecular flexibility index (Phi) is 3.21. The van der Waals surface area contributed by atoms with E-state index in [1.807, 2.05) is 25.1 Å². The van der Waals surface area contributed by atoms with Crippen LogP contribution in [0.3, 0.4) is 0 Å². The fraction of sp³-hybridized carbons (Fsp3) is 0.182. The van der Waals surface area contributed by atoms with Gasteiger partial charge in [-0.05, 0) is 36.2 Å². The van der Waals surface area contributed by atoms with Gasteiger partial charge in [0.05, 0.1) is 0 Å². The van der Waals surface area contributed by atoms with Crippen molar-refractivity contribution in [1.82, 2.24) is 9.36 Å². The molecule has 0 aliphatic rings. The molecule has 2 heterocycles. The smallest absolute Gasteiger partial charge is 0.157 e. The number of nitrogens with zero attached hydrogens (tertiary/aromatic N) is 3. The lowest BCUT2D eigenvalue weighted by Crippen LogP contribution is -2.06. The molecule has 86 valence electrons. The number of nitriles is 1. The minimum absolute atomic E-state index is 0.0740. The largest absolute Gasteiger partial charge is 0.382 e. The van der Waals surface area contributed by atoms with Crippen LogP contribution in [0.25, 0.3) is 0 Å². The quantitative estimate of drug-likeness (QED) is 0.865. The van der Waals surface area contributed by atoms with E-state index in [-0.39, 0.29) is 11.9 Å². The van der Waals surface area contributed by atoms with Gasteiger partial charge in [0.25, 0.3) is 0 Å². The Morgan fingerprint density at radius 1 is 1.47 bits per heavy atom. The second-order valence-electron chi connectivity index (χ2n) is 3.53. The number of nitrogens with two attached hydrogens (primary N) is 1. The first-order valence-corrected chi connectivity index (χ1v) is 5.81. The van der Waals surface area contributed by atoms with Gasteiger partial charge in [0.2, 0.25) is 0 Å². The lowest BCUT2D eigenvalue weighted by molar-refractivity contribution is 0.885. The number of hydrogen-bond acceptors (Lipinski definition) is 6. The van der Waals surface area contributed by atoms with E-state index >= 15 is 0 Å². The summed E-state index contributed by atoms with van der Waals surface area (Å²) in [7, 11) is 0. The van der Waals surface area contributed by atoms with E-state index in [1.165, 1.54) is 11.5 Å². The fourth-order valence-electron chi connectivity index (χ4n) is 1.44. The monoisotopic (exact) mass is 245 g/mol. The lowest BCUT2D eigenvalue weighted by atomic mass is 10.1. The van der Waals surface area contributed by atoms with Gasteiger partial charge < -0.3 is 11.1 Å². The summed E-state index contributed by atoms with van der Waals surface area (Å²) >= 11 is 1.20. The van der Waals surface area contributed by atoms with E-state index in [0.29, 0.717) is 10.6 Å². The van der Waals surface area contributed by atoms with Crippen molar-refractivity contribution < 1.29 is 0 Å². The molecule has 0 saturated carbocycles. The molecule has 17 heavy (non-hydrogen) atoms. The Morgan fingerprint density at radius 2 is 2.18 bits per heavy atom. The molecule has 2 aromatic heterocycles. The molecule has 0 aliphatic carbocycles. The third kappa shape index (κ3) is 2.34. The van der Waals surface area contributed by atoms with E-state index in [9.17, 15) is 0 Å². The molecule has 1 unspecified atom stereocenters. The van der Waals surface area contributed by atoms with Crippen LogP contribution in [0.5, 0.6) is 0 Å². The molecular weight excluding hydrogens is 234 g/mol. The highest BCUT2D eigenvalue weighted by molar-refractivity contribution is 7.10. The van der Waals surface area contributed by atoms with Crippen molar-refractivity contribution in [3.8, 4) is 6.07 Å². The minimum Gasteiger partial charge on any atom is -0.382 e. The molecule has 0 bridgehead atoms. The average molecular weight is 245 g/mol. The molecule has 1 atom stereocenters. The zero-order chi connectivity index (χ0) is 12.3. The Morgan fingerprint density at radius 3 is 2.82 bits per heavy atom. The summed E-state index contributed by atoms with van der Waals surface area (Å²) in [5, 5.41) is 12.9. The van der Waals surface area contributed by atoms with Crippen molar-refractivity contribution in [2.45, 2.75) is 13.0 Å². The molecule has 0 radical (unpaired) electrons. The van der Waals surface area contributed by atoms with E-state index in [2.05, 4.69) is 14.7 Å². The summed E-state index contributed by atoms with van der Waals surface area (Å²) in [4.78, 5) is 3.96. The first-order chi connectivity index (χ1) is 8.22. The summed E-state index contributed by atoms with van der Waals surface area (Å²) < 4.78 is 3.96. The number of rotatable bonds is 3. The number of nitrogens with one attached hydrogen (secondary N) is 1. The van der Waals surface area contributed by atoms with Gasteiger partial charge in [-0.15, -0.1) is 0 Å². The number of anilines is 2. The molecule has 0 aromatic carbocycles. The van der Waals surface area contributed by atoms with Crippen molar-refractivity contribution in [1.29, 1.82) is 5.26 Å². The predicted octanol–water partition coefficient (Wildman–Crippen LogP) is 2.17. The van der Waals surface area contributed by atoms with Crippen molar-refractivity contribution >= 4 is 22.4 Å². The average Bonchev–Trinajstić information content (AvgIpc) is 2.71. The number of aromatic nitrogens is 2. The van der Waals surface area contributed by atoms with Crippen LogP contribution in [0.4, 0.5) is 10.8 Å². The van der Waals surface area contributed by atoms with Gasteiger partial charge in [-0.1, -0.05) is 0 Å². The molecular formula is C11H11N5S. The maximum absolute atomic E-state index is 8.96. The normalized spacial score (nSPS) is 11.8. The van der Waals surface area contributed by atoms with Gasteiger partial charge in [-0.25, -0.2) is 0 Å². The van der Waals surface area contributed by atoms with Crippen LogP contribution in [-0.4, -0.2) is 9.36 Å². The number of nitrogen functional groups attached to an aromatic ring is 1. The summed E-state index contributed by atoms with van der Waals surface area (Å²) in [6.45, 7) is 2.01. The van der Waals surface area contributed by atoms with Crippen molar-refractivity contribution in [3.05, 3.63) is 35.7 Å². The third-order valence-corrected chi connectivity index (χ3v) is 3.18. The van der Waals surface area contributed by atoms with E-state index in [4.69, 9.17) is 11.0 Å². The number of pyridine rings is 1. The van der Waals surface area contributed by atoms with Crippen LogP contribution in [0, 0.1) is 11.3 Å². The SMILES string of the molecule is CC(Nc1snc(N)c1C#N)c1ccncc1. The van der Waals surface area contributed by atoms with Gasteiger partial charge in [0.15, 0.2) is 5.82 Å². The topological polar surface area (TPSA) is 87.6 Å². The maximum atomic E-state index is 8.96. The Labute approximate surface area is 103 Å². The first-order valence-electron chi connectivity index (χ1n) is 5.04. The van der Waals surface area contributed by atoms with E-state index < -0.39 is 0 Å². The van der Waals surface area contributed by atoms with Gasteiger partial charge >= 0.3 is 0 Å². The summed E-state index contributed by atoms with van der Waals surface area (Å²) in [5.41, 5.74) is 7.10. The summed E-state index contributed by atoms with van der Waals surface area (Å²) in [6.07, 6.45) is 3.47. The summed E-state index contributed by atoms with van der Waals surface area (Å²) in [5.74, 6) is 0.280. The second-order valence-corrected chi connectivity index (χ2v) is 4.30. The zero-order valence-electron chi connectivity index (χ0n) is 9.21. The Hall–Kier alpha value is -2.13. The molecule has 0 amide bonds. The molecule has 5 nitrogen and oxygen atoms in total. The van der Waals surface area contributed by atoms with E-state index in [1.54, 1.807) is 12.4 Å². The van der Waals surface area contributed by atoms with Gasteiger partial charge in [0, 0.05) is 18.4 Å². The van der Waals surface area contributed by atoms with Gasteiger partial charge in [-0.2, -0.15) is 9.64 Å². The maximum Gasteiger partial charge on any atom is 0.157 e. The van der Waals surface area contributed by atoms with Gasteiger partial charge in [-0.3, -0.25) is 4.98 Å². The molecule has 2 aromatic rings. The third-order valence-electron chi connectivity index (χ3n) is 2.38. The van der Waals surface area contributed by atoms with Crippen LogP contribution in [0.15, 0.2) is 24.5 Å². The predicted molar refractivity (Wildman–Crippen MR) is 67.5 cm³/mol. The van der Waals surface area contributed by atoms with Crippen LogP contribution >= 0.6 is 11.5 Å². The minimum atomic E-state index is 0.0740. The number of hydrogen-bond donors (Lipinski definition) is 2. The highest BCUT2D eigenvalue weighted by atomic mass is 32.1. The molecule has 6 heteroatoms. The highest BCUT2D eigenvalue weighted by Gasteiger charge is 2.13. The lowest BCUT2D eigenvalue weighted by Gasteiger charge is -2.13. The first kappa shape index (κ1) is 11.4. The molecule has 0 saturated heterocycles. The standard InChI is InChI=1S/C11H11N5S/c1-7(8-2-4-14-5-3-8)15-11-9(6-12)10(13)16-17-11/h2-5,7,15H,1H3,(H2,13,16). The Bertz CT molecular complexity index is 543. The van der Waals surface area contributed by atoms with E-state index in [0.717, 1.165) is 5.56 Å². The van der Waals surface area contributed by atoms with Crippen LogP contribution < -0.4 is 11.1 Å². The molecule has 2 rings (SSSR count). The van der Waals surface area contributed by atoms with Crippen molar-refractivity contribution in [2.24, 2.45) is 0 Å². The second kappa shape index (κ2) is 4.80. The van der Waals surface area contributed by atoms with Crippen LogP contribution in [0.1, 0.15) is 24.1 Å². The van der Waals surface area contributed by atoms with Crippen molar-refractivity contribution in [2.75, 3.05) is 11.1 Å². The molecule has 0 fully saturated rings. The Balaban J connectivity index is 2.19. The van der Waals surface area contributed by atoms with Crippen LogP contribution in [0.2, 0.25) is 0 Å². The van der Waals surface area contributed by atoms with Crippen molar-refractivity contribution in [3.63, 3.8) is 0 Å². The molecule has 0 aliphatic heterocycles. The fourth-order valence-corrected chi connectivity index (χ4v) is 2.19. The molecule has 0 spiro atoms. The highest BCUT2D eigenvalue weighted by Crippen LogP contribution is 2.29.